The van der Waals surface area contributed by atoms with E-state index in [1.54, 1.807) is 12.1 Å². The third kappa shape index (κ3) is 4.52. The Hall–Kier alpha value is -3.20. The van der Waals surface area contributed by atoms with Crippen LogP contribution in [-0.4, -0.2) is 57.3 Å². The summed E-state index contributed by atoms with van der Waals surface area (Å²) in [6.45, 7) is 3.13. The second-order valence-electron chi connectivity index (χ2n) is 11.4. The lowest BCUT2D eigenvalue weighted by atomic mass is 9.50. The van der Waals surface area contributed by atoms with E-state index in [0.717, 1.165) is 44.3 Å². The number of aliphatic hydroxyl groups excluding tert-OH is 1. The van der Waals surface area contributed by atoms with Gasteiger partial charge in [-0.15, -0.1) is 0 Å². The molecule has 9 nitrogen and oxygen atoms in total. The summed E-state index contributed by atoms with van der Waals surface area (Å²) in [4.78, 5) is 37.0. The molecule has 3 N–H and O–H groups in total. The summed E-state index contributed by atoms with van der Waals surface area (Å²) in [6.07, 6.45) is 5.35. The van der Waals surface area contributed by atoms with Crippen molar-refractivity contribution < 1.29 is 19.4 Å². The smallest absolute Gasteiger partial charge is 0.391 e. The summed E-state index contributed by atoms with van der Waals surface area (Å²) in [5, 5.41) is 16.3. The van der Waals surface area contributed by atoms with Crippen molar-refractivity contribution in [1.82, 2.24) is 20.6 Å². The minimum atomic E-state index is -0.509. The Bertz CT molecular complexity index is 1170. The number of carbonyl (C=O) groups excluding carboxylic acids is 2. The van der Waals surface area contributed by atoms with Gasteiger partial charge < -0.3 is 25.4 Å². The molecule has 0 spiro atoms. The van der Waals surface area contributed by atoms with Gasteiger partial charge in [-0.25, -0.2) is 9.78 Å². The summed E-state index contributed by atoms with van der Waals surface area (Å²) in [7, 11) is 0. The van der Waals surface area contributed by atoms with Gasteiger partial charge in [-0.1, -0.05) is 12.1 Å². The number of aryl methyl sites for hydroxylation is 1. The zero-order valence-corrected chi connectivity index (χ0v) is 20.6. The molecule has 3 unspecified atom stereocenters. The van der Waals surface area contributed by atoms with Crippen molar-refractivity contribution in [3.05, 3.63) is 47.8 Å². The summed E-state index contributed by atoms with van der Waals surface area (Å²) in [5.41, 5.74) is 0.510. The van der Waals surface area contributed by atoms with Crippen LogP contribution in [0, 0.1) is 18.8 Å². The molecule has 3 atom stereocenters. The Balaban J connectivity index is 1.15. The maximum absolute atomic E-state index is 13.1. The number of anilines is 1. The molecule has 5 aliphatic rings. The van der Waals surface area contributed by atoms with E-state index < -0.39 is 11.6 Å². The summed E-state index contributed by atoms with van der Waals surface area (Å²) < 4.78 is 5.63. The monoisotopic (exact) mass is 491 g/mol. The van der Waals surface area contributed by atoms with Crippen molar-refractivity contribution in [1.29, 1.82) is 0 Å². The first kappa shape index (κ1) is 23.2. The molecule has 2 amide bonds. The van der Waals surface area contributed by atoms with E-state index in [4.69, 9.17) is 4.74 Å². The number of hydrogen-bond donors (Lipinski definition) is 3. The Morgan fingerprint density at radius 3 is 2.44 bits per heavy atom. The molecule has 4 saturated carbocycles. The largest absolute Gasteiger partial charge is 0.414 e. The average Bonchev–Trinajstić information content (AvgIpc) is 3.24. The van der Waals surface area contributed by atoms with Gasteiger partial charge in [-0.05, 0) is 81.9 Å². The lowest BCUT2D eigenvalue weighted by Crippen LogP contribution is -2.70. The minimum absolute atomic E-state index is 0.147. The number of rotatable bonds is 5. The number of carbonyl (C=O) groups is 2. The number of ether oxygens (including phenoxy) is 1. The number of nitrogens with one attached hydrogen (secondary N) is 2. The average molecular weight is 492 g/mol. The fourth-order valence-corrected chi connectivity index (χ4v) is 7.45. The summed E-state index contributed by atoms with van der Waals surface area (Å²) >= 11 is 0. The second-order valence-corrected chi connectivity index (χ2v) is 11.4. The molecule has 7 rings (SSSR count). The van der Waals surface area contributed by atoms with Gasteiger partial charge in [-0.2, -0.15) is 4.98 Å². The fraction of sp³-hybridized carbons (Fsp3) is 0.556. The maximum atomic E-state index is 13.1. The van der Waals surface area contributed by atoms with Crippen molar-refractivity contribution in [3.8, 4) is 5.88 Å². The molecule has 4 bridgehead atoms. The van der Waals surface area contributed by atoms with Crippen LogP contribution >= 0.6 is 0 Å². The van der Waals surface area contributed by atoms with Crippen LogP contribution in [0.25, 0.3) is 0 Å². The van der Waals surface area contributed by atoms with Crippen molar-refractivity contribution in [2.24, 2.45) is 11.8 Å². The van der Waals surface area contributed by atoms with Gasteiger partial charge in [0.25, 0.3) is 5.91 Å². The van der Waals surface area contributed by atoms with Crippen LogP contribution in [0.1, 0.15) is 61.1 Å². The molecule has 9 heteroatoms. The van der Waals surface area contributed by atoms with Crippen LogP contribution in [0.15, 0.2) is 36.4 Å². The van der Waals surface area contributed by atoms with Crippen molar-refractivity contribution >= 4 is 17.8 Å². The van der Waals surface area contributed by atoms with Gasteiger partial charge >= 0.3 is 6.09 Å². The zero-order valence-electron chi connectivity index (χ0n) is 20.6. The highest BCUT2D eigenvalue weighted by molar-refractivity contribution is 5.92. The van der Waals surface area contributed by atoms with Crippen LogP contribution < -0.4 is 20.3 Å². The van der Waals surface area contributed by atoms with Crippen LogP contribution in [0.2, 0.25) is 0 Å². The molecular formula is C27H33N5O4. The number of aliphatic hydroxyl groups is 1. The van der Waals surface area contributed by atoms with Gasteiger partial charge in [0.2, 0.25) is 5.88 Å². The first-order valence-corrected chi connectivity index (χ1v) is 13.0. The Morgan fingerprint density at radius 2 is 1.75 bits per heavy atom. The molecular weight excluding hydrogens is 458 g/mol. The van der Waals surface area contributed by atoms with Gasteiger partial charge in [0.15, 0.2) is 0 Å². The highest BCUT2D eigenvalue weighted by Crippen LogP contribution is 2.57. The number of β-amino-alcohol motifs (C(OH)–C–C–N with tert-alkyl or cyclic N) is 1. The Morgan fingerprint density at radius 1 is 1.03 bits per heavy atom. The first-order valence-electron chi connectivity index (χ1n) is 13.0. The lowest BCUT2D eigenvalue weighted by Gasteiger charge is -2.61. The quantitative estimate of drug-likeness (QED) is 0.589. The number of aromatic nitrogens is 2. The number of hydrogen-bond acceptors (Lipinski definition) is 7. The highest BCUT2D eigenvalue weighted by Gasteiger charge is 2.59. The molecule has 2 aromatic heterocycles. The maximum Gasteiger partial charge on any atom is 0.414 e. The van der Waals surface area contributed by atoms with Crippen LogP contribution in [-0.2, 0) is 0 Å². The second kappa shape index (κ2) is 8.73. The lowest BCUT2D eigenvalue weighted by molar-refractivity contribution is -0.0450. The third-order valence-corrected chi connectivity index (χ3v) is 8.32. The van der Waals surface area contributed by atoms with Gasteiger partial charge in [0.1, 0.15) is 11.5 Å². The number of pyridine rings is 2. The number of amides is 2. The minimum Gasteiger partial charge on any atom is -0.391 e. The molecule has 0 radical (unpaired) electrons. The zero-order chi connectivity index (χ0) is 24.9. The molecule has 190 valence electrons. The van der Waals surface area contributed by atoms with Crippen molar-refractivity contribution in [2.45, 2.75) is 69.1 Å². The molecule has 0 aromatic carbocycles. The molecule has 2 aromatic rings. The SMILES string of the molecule is Cc1cccc(C(=O)NC23CC4CC(CC(NC(=O)Oc5cccc(N6CCC(O)C6)n5)(C4)C2)C3)n1. The predicted octanol–water partition coefficient (Wildman–Crippen LogP) is 2.97. The normalized spacial score (nSPS) is 32.4. The molecule has 1 saturated heterocycles. The number of nitrogens with zero attached hydrogens (tertiary/aromatic N) is 3. The Kier molecular flexibility index (Phi) is 5.63. The highest BCUT2D eigenvalue weighted by atomic mass is 16.6. The third-order valence-electron chi connectivity index (χ3n) is 8.32. The fourth-order valence-electron chi connectivity index (χ4n) is 7.45. The van der Waals surface area contributed by atoms with E-state index >= 15 is 0 Å². The van der Waals surface area contributed by atoms with E-state index in [2.05, 4.69) is 20.6 Å². The van der Waals surface area contributed by atoms with Crippen LogP contribution in [0.4, 0.5) is 10.6 Å². The van der Waals surface area contributed by atoms with Crippen LogP contribution in [0.5, 0.6) is 5.88 Å². The Labute approximate surface area is 210 Å². The van der Waals surface area contributed by atoms with E-state index in [9.17, 15) is 14.7 Å². The van der Waals surface area contributed by atoms with E-state index in [0.29, 0.717) is 42.7 Å². The van der Waals surface area contributed by atoms with Crippen LogP contribution in [0.3, 0.4) is 0 Å². The van der Waals surface area contributed by atoms with E-state index in [-0.39, 0.29) is 23.4 Å². The molecule has 3 heterocycles. The standard InChI is InChI=1S/C27H33N5O4/c1-17-4-2-5-21(28-17)24(34)30-26-11-18-10-19(12-26)14-27(13-18,16-26)31-25(35)36-23-7-3-6-22(29-23)32-9-8-20(33)15-32/h2-7,18-20,33H,8-16H2,1H3,(H,30,34)(H,31,35). The van der Waals surface area contributed by atoms with Gasteiger partial charge in [0.05, 0.1) is 6.10 Å². The topological polar surface area (TPSA) is 117 Å². The summed E-state index contributed by atoms with van der Waals surface area (Å²) in [6, 6.07) is 10.8. The van der Waals surface area contributed by atoms with Gasteiger partial charge in [-0.3, -0.25) is 4.79 Å². The van der Waals surface area contributed by atoms with Crippen molar-refractivity contribution in [2.75, 3.05) is 18.0 Å². The first-order chi connectivity index (χ1) is 17.3. The predicted molar refractivity (Wildman–Crippen MR) is 133 cm³/mol. The van der Waals surface area contributed by atoms with E-state index in [1.807, 2.05) is 36.1 Å². The van der Waals surface area contributed by atoms with Crippen molar-refractivity contribution in [3.63, 3.8) is 0 Å². The van der Waals surface area contributed by atoms with E-state index in [1.165, 1.54) is 0 Å². The van der Waals surface area contributed by atoms with Gasteiger partial charge in [0, 0.05) is 35.9 Å². The molecule has 4 aliphatic carbocycles. The molecule has 36 heavy (non-hydrogen) atoms. The molecule has 1 aliphatic heterocycles. The molecule has 5 fully saturated rings. The summed E-state index contributed by atoms with van der Waals surface area (Å²) in [5.74, 6) is 1.70.